The molecule has 6 heteroatoms. The van der Waals surface area contributed by atoms with Crippen molar-refractivity contribution in [2.45, 2.75) is 18.8 Å². The van der Waals surface area contributed by atoms with Crippen LogP contribution in [-0.4, -0.2) is 23.2 Å². The minimum atomic E-state index is -0.504. The van der Waals surface area contributed by atoms with E-state index in [1.54, 1.807) is 6.07 Å². The number of hydrogen-bond donors (Lipinski definition) is 2. The van der Waals surface area contributed by atoms with Gasteiger partial charge in [-0.05, 0) is 18.9 Å². The number of nitrogens with one attached hydrogen (secondary N) is 1. The summed E-state index contributed by atoms with van der Waals surface area (Å²) < 4.78 is 10.2. The van der Waals surface area contributed by atoms with Crippen LogP contribution >= 0.6 is 0 Å². The average molecular weight is 235 g/mol. The highest BCUT2D eigenvalue weighted by Crippen LogP contribution is 2.30. The van der Waals surface area contributed by atoms with Gasteiger partial charge in [0.25, 0.3) is 0 Å². The van der Waals surface area contributed by atoms with Crippen LogP contribution < -0.4 is 11.5 Å². The van der Waals surface area contributed by atoms with E-state index in [4.69, 9.17) is 14.9 Å². The van der Waals surface area contributed by atoms with Crippen molar-refractivity contribution in [3.05, 3.63) is 22.3 Å². The van der Waals surface area contributed by atoms with Crippen LogP contribution in [0.25, 0.3) is 11.2 Å². The molecule has 2 aromatic rings. The Bertz CT molecular complexity index is 596. The molecule has 0 bridgehead atoms. The Balaban J connectivity index is 2.08. The van der Waals surface area contributed by atoms with Crippen molar-refractivity contribution in [3.63, 3.8) is 0 Å². The third kappa shape index (κ3) is 1.80. The summed E-state index contributed by atoms with van der Waals surface area (Å²) in [5.41, 5.74) is 8.24. The normalized spacial score (nSPS) is 17.6. The summed E-state index contributed by atoms with van der Waals surface area (Å²) in [5, 5.41) is 0. The number of nitrogens with zero attached hydrogens (tertiary/aromatic N) is 1. The van der Waals surface area contributed by atoms with E-state index in [1.807, 2.05) is 0 Å². The second-order valence-electron chi connectivity index (χ2n) is 4.22. The molecule has 1 saturated heterocycles. The number of rotatable bonds is 1. The van der Waals surface area contributed by atoms with Crippen molar-refractivity contribution >= 4 is 16.9 Å². The predicted molar refractivity (Wildman–Crippen MR) is 61.8 cm³/mol. The Morgan fingerprint density at radius 2 is 2.18 bits per heavy atom. The standard InChI is InChI=1S/C11H13N3O3/c12-7-5-8-10(17-11(15)13-8)14-9(7)6-1-3-16-4-2-6/h5-6H,1-4,12H2,(H,13,15). The van der Waals surface area contributed by atoms with E-state index < -0.39 is 5.76 Å². The molecule has 3 rings (SSSR count). The molecule has 2 aromatic heterocycles. The van der Waals surface area contributed by atoms with Crippen LogP contribution in [0, 0.1) is 0 Å². The number of nitrogens with two attached hydrogens (primary N) is 1. The number of ether oxygens (including phenoxy) is 1. The van der Waals surface area contributed by atoms with E-state index in [0.29, 0.717) is 16.9 Å². The SMILES string of the molecule is Nc1cc2[nH]c(=O)oc2nc1C1CCOCC1. The summed E-state index contributed by atoms with van der Waals surface area (Å²) in [7, 11) is 0. The molecule has 6 nitrogen and oxygen atoms in total. The molecule has 0 aromatic carbocycles. The highest BCUT2D eigenvalue weighted by Gasteiger charge is 2.21. The lowest BCUT2D eigenvalue weighted by molar-refractivity contribution is 0.0847. The minimum Gasteiger partial charge on any atom is -0.397 e. The molecule has 3 N–H and O–H groups in total. The number of fused-ring (bicyclic) bond motifs is 1. The van der Waals surface area contributed by atoms with E-state index in [9.17, 15) is 4.79 Å². The second kappa shape index (κ2) is 3.89. The number of oxazole rings is 1. The fraction of sp³-hybridized carbons (Fsp3) is 0.455. The monoisotopic (exact) mass is 235 g/mol. The van der Waals surface area contributed by atoms with Crippen LogP contribution in [0.1, 0.15) is 24.5 Å². The zero-order chi connectivity index (χ0) is 11.8. The topological polar surface area (TPSA) is 94.1 Å². The number of pyridine rings is 1. The maximum atomic E-state index is 11.1. The molecule has 0 amide bonds. The molecule has 1 aliphatic heterocycles. The van der Waals surface area contributed by atoms with Crippen LogP contribution in [0.3, 0.4) is 0 Å². The highest BCUT2D eigenvalue weighted by molar-refractivity contribution is 5.73. The number of aromatic amines is 1. The Morgan fingerprint density at radius 1 is 1.41 bits per heavy atom. The second-order valence-corrected chi connectivity index (χ2v) is 4.22. The Morgan fingerprint density at radius 3 is 2.94 bits per heavy atom. The van der Waals surface area contributed by atoms with Gasteiger partial charge in [0.05, 0.1) is 11.4 Å². The summed E-state index contributed by atoms with van der Waals surface area (Å²) >= 11 is 0. The van der Waals surface area contributed by atoms with E-state index in [0.717, 1.165) is 31.7 Å². The zero-order valence-electron chi connectivity index (χ0n) is 9.23. The van der Waals surface area contributed by atoms with Crippen molar-refractivity contribution in [2.24, 2.45) is 0 Å². The van der Waals surface area contributed by atoms with Crippen molar-refractivity contribution < 1.29 is 9.15 Å². The molecule has 1 fully saturated rings. The van der Waals surface area contributed by atoms with Gasteiger partial charge in [-0.25, -0.2) is 9.78 Å². The predicted octanol–water partition coefficient (Wildman–Crippen LogP) is 0.992. The lowest BCUT2D eigenvalue weighted by Gasteiger charge is -2.22. The van der Waals surface area contributed by atoms with Crippen molar-refractivity contribution in [3.8, 4) is 0 Å². The zero-order valence-corrected chi connectivity index (χ0v) is 9.23. The van der Waals surface area contributed by atoms with Gasteiger partial charge in [0.2, 0.25) is 5.71 Å². The number of aromatic nitrogens is 2. The van der Waals surface area contributed by atoms with Gasteiger partial charge in [-0.3, -0.25) is 4.98 Å². The summed E-state index contributed by atoms with van der Waals surface area (Å²) in [5.74, 6) is -0.218. The van der Waals surface area contributed by atoms with Crippen molar-refractivity contribution in [2.75, 3.05) is 18.9 Å². The smallest absolute Gasteiger partial charge is 0.397 e. The van der Waals surface area contributed by atoms with Crippen molar-refractivity contribution in [1.82, 2.24) is 9.97 Å². The van der Waals surface area contributed by atoms with Gasteiger partial charge in [0.15, 0.2) is 0 Å². The molecule has 0 saturated carbocycles. The summed E-state index contributed by atoms with van der Waals surface area (Å²) in [6, 6.07) is 1.71. The Hall–Kier alpha value is -1.82. The van der Waals surface area contributed by atoms with Gasteiger partial charge < -0.3 is 14.9 Å². The maximum Gasteiger partial charge on any atom is 0.418 e. The molecule has 17 heavy (non-hydrogen) atoms. The number of nitrogen functional groups attached to an aromatic ring is 1. The molecule has 0 spiro atoms. The number of H-pyrrole nitrogens is 1. The molecule has 0 aliphatic carbocycles. The molecular formula is C11H13N3O3. The first-order valence-corrected chi connectivity index (χ1v) is 5.61. The summed E-state index contributed by atoms with van der Waals surface area (Å²) in [6.45, 7) is 1.45. The number of anilines is 1. The van der Waals surface area contributed by atoms with Crippen LogP contribution in [0.15, 0.2) is 15.3 Å². The summed E-state index contributed by atoms with van der Waals surface area (Å²) in [4.78, 5) is 17.9. The first kappa shape index (κ1) is 10.3. The largest absolute Gasteiger partial charge is 0.418 e. The molecule has 90 valence electrons. The Labute approximate surface area is 96.8 Å². The quantitative estimate of drug-likeness (QED) is 0.768. The van der Waals surface area contributed by atoms with Crippen LogP contribution in [0.5, 0.6) is 0 Å². The van der Waals surface area contributed by atoms with Gasteiger partial charge in [-0.1, -0.05) is 0 Å². The molecule has 1 aliphatic rings. The van der Waals surface area contributed by atoms with Gasteiger partial charge >= 0.3 is 5.76 Å². The molecule has 0 radical (unpaired) electrons. The lowest BCUT2D eigenvalue weighted by Crippen LogP contribution is -2.16. The van der Waals surface area contributed by atoms with Crippen LogP contribution in [0.4, 0.5) is 5.69 Å². The van der Waals surface area contributed by atoms with Crippen molar-refractivity contribution in [1.29, 1.82) is 0 Å². The number of hydrogen-bond acceptors (Lipinski definition) is 5. The van der Waals surface area contributed by atoms with Crippen LogP contribution in [0.2, 0.25) is 0 Å². The first-order chi connectivity index (χ1) is 8.24. The minimum absolute atomic E-state index is 0.286. The third-order valence-electron chi connectivity index (χ3n) is 3.08. The first-order valence-electron chi connectivity index (χ1n) is 5.61. The average Bonchev–Trinajstić information content (AvgIpc) is 2.68. The van der Waals surface area contributed by atoms with Gasteiger partial charge in [0, 0.05) is 19.1 Å². The Kier molecular flexibility index (Phi) is 2.36. The maximum absolute atomic E-state index is 11.1. The van der Waals surface area contributed by atoms with E-state index in [1.165, 1.54) is 0 Å². The van der Waals surface area contributed by atoms with E-state index in [-0.39, 0.29) is 5.92 Å². The fourth-order valence-electron chi connectivity index (χ4n) is 2.21. The van der Waals surface area contributed by atoms with Gasteiger partial charge in [0.1, 0.15) is 5.52 Å². The van der Waals surface area contributed by atoms with Crippen LogP contribution in [-0.2, 0) is 4.74 Å². The third-order valence-corrected chi connectivity index (χ3v) is 3.08. The molecular weight excluding hydrogens is 222 g/mol. The van der Waals surface area contributed by atoms with Gasteiger partial charge in [-0.15, -0.1) is 0 Å². The molecule has 0 unspecified atom stereocenters. The highest BCUT2D eigenvalue weighted by atomic mass is 16.5. The lowest BCUT2D eigenvalue weighted by atomic mass is 9.95. The fourth-order valence-corrected chi connectivity index (χ4v) is 2.21. The van der Waals surface area contributed by atoms with Gasteiger partial charge in [-0.2, -0.15) is 0 Å². The molecule has 3 heterocycles. The van der Waals surface area contributed by atoms with E-state index >= 15 is 0 Å². The summed E-state index contributed by atoms with van der Waals surface area (Å²) in [6.07, 6.45) is 1.80. The van der Waals surface area contributed by atoms with E-state index in [2.05, 4.69) is 9.97 Å². The molecule has 0 atom stereocenters.